The van der Waals surface area contributed by atoms with E-state index >= 15 is 0 Å². The molecule has 0 aromatic carbocycles. The molecule has 1 fully saturated rings. The number of amides is 2. The van der Waals surface area contributed by atoms with Gasteiger partial charge in [-0.05, 0) is 0 Å². The Morgan fingerprint density at radius 1 is 0.750 bits per heavy atom. The summed E-state index contributed by atoms with van der Waals surface area (Å²) in [6.45, 7) is -3.54. The third-order valence-corrected chi connectivity index (χ3v) is 2.32. The summed E-state index contributed by atoms with van der Waals surface area (Å²) in [4.78, 5) is 10.6. The highest BCUT2D eigenvalue weighted by Gasteiger charge is 2.55. The fraction of sp³-hybridized carbons (Fsp3) is 0.800. The van der Waals surface area contributed by atoms with Gasteiger partial charge in [-0.3, -0.25) is 9.80 Å². The van der Waals surface area contributed by atoms with Crippen molar-refractivity contribution in [2.75, 3.05) is 13.3 Å². The Labute approximate surface area is 105 Å². The van der Waals surface area contributed by atoms with Gasteiger partial charge in [-0.15, -0.1) is 0 Å². The minimum atomic E-state index is -2.86. The summed E-state index contributed by atoms with van der Waals surface area (Å²) < 4.78 is 98.1. The Kier molecular flexibility index (Phi) is 5.26. The van der Waals surface area contributed by atoms with Crippen LogP contribution in [-0.2, 0) is 0 Å². The van der Waals surface area contributed by atoms with Crippen molar-refractivity contribution in [2.24, 2.45) is 0 Å². The van der Waals surface area contributed by atoms with E-state index in [4.69, 9.17) is 0 Å². The zero-order valence-corrected chi connectivity index (χ0v) is 9.18. The molecule has 0 radical (unpaired) electrons. The van der Waals surface area contributed by atoms with Gasteiger partial charge >= 0.3 is 6.03 Å². The fourth-order valence-electron chi connectivity index (χ4n) is 1.64. The van der Waals surface area contributed by atoms with Crippen LogP contribution in [0.5, 0.6) is 0 Å². The zero-order chi connectivity index (χ0) is 15.6. The van der Waals surface area contributed by atoms with Crippen molar-refractivity contribution < 1.29 is 40.6 Å². The van der Waals surface area contributed by atoms with Crippen LogP contribution in [0.25, 0.3) is 0 Å². The molecule has 1 rings (SSSR count). The lowest BCUT2D eigenvalue weighted by atomic mass is 10.4. The van der Waals surface area contributed by atoms with Gasteiger partial charge in [0, 0.05) is 21.4 Å². The molecule has 0 bridgehead atoms. The molecule has 0 saturated carbocycles. The molecule has 2 atom stereocenters. The number of urea groups is 1. The normalized spacial score (nSPS) is 24.1. The Morgan fingerprint density at radius 2 is 1.05 bits per heavy atom. The highest BCUT2D eigenvalue weighted by atomic mass is 19.4. The number of carbonyl (C=O) groups is 1. The van der Waals surface area contributed by atoms with Gasteiger partial charge in [-0.25, -0.2) is 4.79 Å². The van der Waals surface area contributed by atoms with Crippen molar-refractivity contribution in [3.8, 4) is 0 Å². The van der Waals surface area contributed by atoms with Crippen LogP contribution in [-0.4, -0.2) is 62.9 Å². The molecular formula is C5H6F8N6O. The molecule has 2 amide bonds. The number of hydrogen-bond donors (Lipinski definition) is 0. The van der Waals surface area contributed by atoms with Crippen molar-refractivity contribution in [1.29, 1.82) is 0 Å². The van der Waals surface area contributed by atoms with E-state index in [0.29, 0.717) is 0 Å². The third kappa shape index (κ3) is 3.35. The molecule has 1 aliphatic heterocycles. The first-order valence-electron chi connectivity index (χ1n) is 4.63. The molecule has 0 aromatic heterocycles. The van der Waals surface area contributed by atoms with Gasteiger partial charge in [0.05, 0.1) is 0 Å². The average molecular weight is 318 g/mol. The summed E-state index contributed by atoms with van der Waals surface area (Å²) >= 11 is 0. The molecule has 1 heterocycles. The lowest BCUT2D eigenvalue weighted by Gasteiger charge is -2.26. The fourth-order valence-corrected chi connectivity index (χ4v) is 1.64. The molecule has 118 valence electrons. The van der Waals surface area contributed by atoms with Crippen molar-refractivity contribution in [1.82, 2.24) is 31.2 Å². The van der Waals surface area contributed by atoms with Gasteiger partial charge in [-0.2, -0.15) is 0 Å². The zero-order valence-electron chi connectivity index (χ0n) is 9.18. The predicted octanol–water partition coefficient (Wildman–Crippen LogP) is 1.58. The van der Waals surface area contributed by atoms with Crippen LogP contribution in [0.4, 0.5) is 40.6 Å². The molecule has 1 aliphatic rings. The smallest absolute Gasteiger partial charge is 0.282 e. The van der Waals surface area contributed by atoms with Crippen LogP contribution < -0.4 is 0 Å². The SMILES string of the molecule is O=C1N(CN(F)F)C(N(F)F)C(N(F)F)N1CN(F)F. The van der Waals surface area contributed by atoms with E-state index in [1.807, 2.05) is 0 Å². The Bertz CT molecular complexity index is 313. The van der Waals surface area contributed by atoms with Gasteiger partial charge in [0.1, 0.15) is 13.3 Å². The molecule has 2 unspecified atom stereocenters. The number of nitrogens with zero attached hydrogens (tertiary/aromatic N) is 6. The molecule has 0 aromatic rings. The van der Waals surface area contributed by atoms with E-state index in [0.717, 1.165) is 0 Å². The second-order valence-electron chi connectivity index (χ2n) is 3.46. The average Bonchev–Trinajstić information content (AvgIpc) is 2.52. The van der Waals surface area contributed by atoms with Gasteiger partial charge in [0.2, 0.25) is 0 Å². The first-order chi connectivity index (χ1) is 9.16. The minimum absolute atomic E-state index is 0.389. The second kappa shape index (κ2) is 6.33. The van der Waals surface area contributed by atoms with Gasteiger partial charge in [-0.1, -0.05) is 35.9 Å². The van der Waals surface area contributed by atoms with E-state index in [-0.39, 0.29) is 9.80 Å². The van der Waals surface area contributed by atoms with E-state index in [9.17, 15) is 40.6 Å². The van der Waals surface area contributed by atoms with Gasteiger partial charge < -0.3 is 0 Å². The summed E-state index contributed by atoms with van der Waals surface area (Å²) in [6.07, 6.45) is -5.71. The van der Waals surface area contributed by atoms with Crippen LogP contribution in [0.2, 0.25) is 0 Å². The van der Waals surface area contributed by atoms with Crippen molar-refractivity contribution >= 4 is 6.03 Å². The standard InChI is InChI=1S/C5H6F8N6O/c6-16(7)1-14-3(18(10)11)4(19(12)13)15(5(14)20)2-17(8)9/h3-4H,1-2H2. The van der Waals surface area contributed by atoms with E-state index in [1.165, 1.54) is 0 Å². The number of hydrogen-bond acceptors (Lipinski definition) is 5. The summed E-state index contributed by atoms with van der Waals surface area (Å²) in [5.41, 5.74) is 0. The molecule has 1 saturated heterocycles. The lowest BCUT2D eigenvalue weighted by molar-refractivity contribution is -0.301. The van der Waals surface area contributed by atoms with Crippen molar-refractivity contribution in [3.05, 3.63) is 0 Å². The maximum absolute atomic E-state index is 12.5. The molecule has 0 aliphatic carbocycles. The Morgan fingerprint density at radius 3 is 1.25 bits per heavy atom. The van der Waals surface area contributed by atoms with Crippen molar-refractivity contribution in [2.45, 2.75) is 12.3 Å². The Balaban J connectivity index is 3.09. The summed E-state index contributed by atoms with van der Waals surface area (Å²) in [7, 11) is 0. The van der Waals surface area contributed by atoms with Crippen LogP contribution in [0, 0.1) is 0 Å². The molecule has 7 nitrogen and oxygen atoms in total. The Hall–Kier alpha value is -1.45. The molecular weight excluding hydrogens is 312 g/mol. The third-order valence-electron chi connectivity index (χ3n) is 2.32. The second-order valence-corrected chi connectivity index (χ2v) is 3.46. The van der Waals surface area contributed by atoms with Crippen LogP contribution >= 0.6 is 0 Å². The first-order valence-corrected chi connectivity index (χ1v) is 4.63. The topological polar surface area (TPSA) is 36.5 Å². The summed E-state index contributed by atoms with van der Waals surface area (Å²) in [6, 6.07) is -1.83. The maximum atomic E-state index is 12.5. The van der Waals surface area contributed by atoms with Crippen LogP contribution in [0.3, 0.4) is 0 Å². The monoisotopic (exact) mass is 318 g/mol. The highest BCUT2D eigenvalue weighted by molar-refractivity contribution is 5.77. The molecule has 20 heavy (non-hydrogen) atoms. The minimum Gasteiger partial charge on any atom is -0.282 e. The van der Waals surface area contributed by atoms with E-state index in [2.05, 4.69) is 0 Å². The van der Waals surface area contributed by atoms with Crippen LogP contribution in [0.1, 0.15) is 0 Å². The number of rotatable bonds is 6. The lowest BCUT2D eigenvalue weighted by Crippen LogP contribution is -2.50. The van der Waals surface area contributed by atoms with Crippen molar-refractivity contribution in [3.63, 3.8) is 0 Å². The van der Waals surface area contributed by atoms with E-state index in [1.54, 1.807) is 0 Å². The number of carbonyl (C=O) groups excluding carboxylic acids is 1. The van der Waals surface area contributed by atoms with Crippen LogP contribution in [0.15, 0.2) is 0 Å². The first kappa shape index (κ1) is 16.6. The highest BCUT2D eigenvalue weighted by Crippen LogP contribution is 2.30. The van der Waals surface area contributed by atoms with E-state index < -0.39 is 53.1 Å². The van der Waals surface area contributed by atoms with Gasteiger partial charge in [0.15, 0.2) is 12.3 Å². The predicted molar refractivity (Wildman–Crippen MR) is 42.6 cm³/mol. The molecule has 0 N–H and O–H groups in total. The molecule has 15 heteroatoms. The maximum Gasteiger partial charge on any atom is 0.325 e. The largest absolute Gasteiger partial charge is 0.325 e. The quantitative estimate of drug-likeness (QED) is 0.549. The van der Waals surface area contributed by atoms with Gasteiger partial charge in [0.25, 0.3) is 0 Å². The summed E-state index contributed by atoms with van der Waals surface area (Å²) in [5, 5.41) is -7.37. The molecule has 0 spiro atoms. The number of halogens is 8. The summed E-state index contributed by atoms with van der Waals surface area (Å²) in [5.74, 6) is 0.